The number of nitrogens with zero attached hydrogens (tertiary/aromatic N) is 1. The van der Waals surface area contributed by atoms with E-state index in [1.165, 1.54) is 6.42 Å². The van der Waals surface area contributed by atoms with Crippen LogP contribution >= 0.6 is 0 Å². The van der Waals surface area contributed by atoms with Crippen molar-refractivity contribution >= 4 is 5.91 Å². The molecule has 2 heterocycles. The number of hydrogen-bond donors (Lipinski definition) is 1. The summed E-state index contributed by atoms with van der Waals surface area (Å²) in [6.07, 6.45) is 2.99. The molecule has 0 aromatic rings. The zero-order chi connectivity index (χ0) is 10.8. The molecule has 15 heavy (non-hydrogen) atoms. The van der Waals surface area contributed by atoms with Crippen LogP contribution in [0, 0.1) is 5.92 Å². The van der Waals surface area contributed by atoms with Crippen LogP contribution in [0.1, 0.15) is 33.1 Å². The molecule has 0 aromatic heterocycles. The number of nitrogens with one attached hydrogen (secondary N) is 1. The maximum absolute atomic E-state index is 11.7. The van der Waals surface area contributed by atoms with Crippen molar-refractivity contribution in [2.24, 2.45) is 5.92 Å². The summed E-state index contributed by atoms with van der Waals surface area (Å²) >= 11 is 0. The third-order valence-corrected chi connectivity index (χ3v) is 3.21. The Hall–Kier alpha value is -0.610. The number of carbonyl (C=O) groups excluding carboxylic acids is 1. The molecule has 0 bridgehead atoms. The average Bonchev–Trinajstić information content (AvgIpc) is 2.77. The Morgan fingerprint density at radius 2 is 2.40 bits per heavy atom. The van der Waals surface area contributed by atoms with Gasteiger partial charge >= 0.3 is 0 Å². The van der Waals surface area contributed by atoms with E-state index in [1.54, 1.807) is 5.06 Å². The summed E-state index contributed by atoms with van der Waals surface area (Å²) in [7, 11) is 0. The minimum Gasteiger partial charge on any atom is -0.312 e. The summed E-state index contributed by atoms with van der Waals surface area (Å²) in [4.78, 5) is 17.3. The van der Waals surface area contributed by atoms with Crippen LogP contribution in [0.3, 0.4) is 0 Å². The highest BCUT2D eigenvalue weighted by Gasteiger charge is 2.34. The summed E-state index contributed by atoms with van der Waals surface area (Å²) in [6.45, 7) is 5.97. The first kappa shape index (κ1) is 10.9. The third kappa shape index (κ3) is 2.49. The van der Waals surface area contributed by atoms with Crippen LogP contribution < -0.4 is 5.32 Å². The number of amides is 1. The zero-order valence-electron chi connectivity index (χ0n) is 9.53. The van der Waals surface area contributed by atoms with Crippen LogP contribution in [0.25, 0.3) is 0 Å². The third-order valence-electron chi connectivity index (χ3n) is 3.21. The van der Waals surface area contributed by atoms with E-state index >= 15 is 0 Å². The van der Waals surface area contributed by atoms with Gasteiger partial charge in [-0.05, 0) is 25.3 Å². The quantitative estimate of drug-likeness (QED) is 0.756. The van der Waals surface area contributed by atoms with Gasteiger partial charge in [0.15, 0.2) is 0 Å². The molecule has 0 aromatic carbocycles. The molecule has 2 saturated heterocycles. The highest BCUT2D eigenvalue weighted by Crippen LogP contribution is 2.22. The molecule has 86 valence electrons. The van der Waals surface area contributed by atoms with Gasteiger partial charge in [0.1, 0.15) is 0 Å². The smallest absolute Gasteiger partial charge is 0.248 e. The Morgan fingerprint density at radius 3 is 2.93 bits per heavy atom. The first-order chi connectivity index (χ1) is 7.16. The van der Waals surface area contributed by atoms with Crippen molar-refractivity contribution < 1.29 is 9.63 Å². The van der Waals surface area contributed by atoms with E-state index in [1.807, 2.05) is 0 Å². The van der Waals surface area contributed by atoms with Crippen LogP contribution in [-0.2, 0) is 9.63 Å². The summed E-state index contributed by atoms with van der Waals surface area (Å²) in [5.41, 5.74) is 0. The molecule has 1 N–H and O–H groups in total. The molecule has 0 spiro atoms. The second-order valence-corrected chi connectivity index (χ2v) is 4.84. The monoisotopic (exact) mass is 212 g/mol. The van der Waals surface area contributed by atoms with E-state index in [4.69, 9.17) is 4.84 Å². The summed E-state index contributed by atoms with van der Waals surface area (Å²) in [5, 5.41) is 4.94. The highest BCUT2D eigenvalue weighted by molar-refractivity contribution is 5.77. The van der Waals surface area contributed by atoms with Crippen LogP contribution in [0.5, 0.6) is 0 Å². The van der Waals surface area contributed by atoms with Crippen molar-refractivity contribution in [3.8, 4) is 0 Å². The predicted octanol–water partition coefficient (Wildman–Crippen LogP) is 0.927. The van der Waals surface area contributed by atoms with Crippen molar-refractivity contribution in [1.29, 1.82) is 0 Å². The largest absolute Gasteiger partial charge is 0.312 e. The lowest BCUT2D eigenvalue weighted by atomic mass is 10.1. The molecular formula is C11H20N2O2. The van der Waals surface area contributed by atoms with Crippen LogP contribution in [0.15, 0.2) is 0 Å². The zero-order valence-corrected chi connectivity index (χ0v) is 9.53. The molecule has 2 rings (SSSR count). The van der Waals surface area contributed by atoms with E-state index in [-0.39, 0.29) is 12.0 Å². The standard InChI is InChI=1S/C11H20N2O2/c1-8(2)10-6-11(14)13(15-10)7-9-4-3-5-12-9/h8-10,12H,3-7H2,1-2H3. The molecular weight excluding hydrogens is 192 g/mol. The number of hydroxylamine groups is 2. The minimum absolute atomic E-state index is 0.0823. The Balaban J connectivity index is 1.85. The second kappa shape index (κ2) is 4.49. The maximum atomic E-state index is 11.7. The first-order valence-electron chi connectivity index (χ1n) is 5.87. The number of hydrogen-bond acceptors (Lipinski definition) is 3. The van der Waals surface area contributed by atoms with Gasteiger partial charge in [-0.15, -0.1) is 0 Å². The van der Waals surface area contributed by atoms with Gasteiger partial charge in [0, 0.05) is 6.04 Å². The van der Waals surface area contributed by atoms with E-state index in [0.29, 0.717) is 24.9 Å². The SMILES string of the molecule is CC(C)C1CC(=O)N(CC2CCCN2)O1. The van der Waals surface area contributed by atoms with Gasteiger partial charge in [0.05, 0.1) is 19.1 Å². The number of rotatable bonds is 3. The molecule has 4 heteroatoms. The fourth-order valence-electron chi connectivity index (χ4n) is 2.15. The van der Waals surface area contributed by atoms with Crippen molar-refractivity contribution in [2.75, 3.05) is 13.1 Å². The molecule has 2 aliphatic heterocycles. The van der Waals surface area contributed by atoms with Gasteiger partial charge in [-0.3, -0.25) is 9.63 Å². The Bertz CT molecular complexity index is 237. The van der Waals surface area contributed by atoms with Gasteiger partial charge < -0.3 is 5.32 Å². The van der Waals surface area contributed by atoms with E-state index in [0.717, 1.165) is 13.0 Å². The van der Waals surface area contributed by atoms with Crippen LogP contribution in [-0.4, -0.2) is 36.2 Å². The topological polar surface area (TPSA) is 41.6 Å². The van der Waals surface area contributed by atoms with Crippen molar-refractivity contribution in [3.63, 3.8) is 0 Å². The lowest BCUT2D eigenvalue weighted by molar-refractivity contribution is -0.179. The predicted molar refractivity (Wildman–Crippen MR) is 57.1 cm³/mol. The fraction of sp³-hybridized carbons (Fsp3) is 0.909. The molecule has 0 saturated carbocycles. The summed E-state index contributed by atoms with van der Waals surface area (Å²) < 4.78 is 0. The van der Waals surface area contributed by atoms with Crippen LogP contribution in [0.2, 0.25) is 0 Å². The molecule has 2 atom stereocenters. The summed E-state index contributed by atoms with van der Waals surface area (Å²) in [5.74, 6) is 0.554. The molecule has 2 unspecified atom stereocenters. The van der Waals surface area contributed by atoms with Gasteiger partial charge in [-0.2, -0.15) is 0 Å². The molecule has 2 aliphatic rings. The Kier molecular flexibility index (Phi) is 3.26. The van der Waals surface area contributed by atoms with Gasteiger partial charge in [0.25, 0.3) is 0 Å². The normalized spacial score (nSPS) is 31.9. The fourth-order valence-corrected chi connectivity index (χ4v) is 2.15. The van der Waals surface area contributed by atoms with Gasteiger partial charge in [-0.1, -0.05) is 13.8 Å². The van der Waals surface area contributed by atoms with Crippen molar-refractivity contribution in [3.05, 3.63) is 0 Å². The Morgan fingerprint density at radius 1 is 1.60 bits per heavy atom. The molecule has 0 radical (unpaired) electrons. The molecule has 0 aliphatic carbocycles. The molecule has 4 nitrogen and oxygen atoms in total. The lowest BCUT2D eigenvalue weighted by Gasteiger charge is -2.21. The van der Waals surface area contributed by atoms with Crippen molar-refractivity contribution in [1.82, 2.24) is 10.4 Å². The van der Waals surface area contributed by atoms with Crippen molar-refractivity contribution in [2.45, 2.75) is 45.3 Å². The second-order valence-electron chi connectivity index (χ2n) is 4.84. The van der Waals surface area contributed by atoms with E-state index in [9.17, 15) is 4.79 Å². The van der Waals surface area contributed by atoms with E-state index < -0.39 is 0 Å². The lowest BCUT2D eigenvalue weighted by Crippen LogP contribution is -2.37. The molecule has 1 amide bonds. The first-order valence-corrected chi connectivity index (χ1v) is 5.87. The highest BCUT2D eigenvalue weighted by atomic mass is 16.7. The van der Waals surface area contributed by atoms with Gasteiger partial charge in [-0.25, -0.2) is 5.06 Å². The van der Waals surface area contributed by atoms with E-state index in [2.05, 4.69) is 19.2 Å². The molecule has 2 fully saturated rings. The Labute approximate surface area is 90.9 Å². The average molecular weight is 212 g/mol. The number of carbonyl (C=O) groups is 1. The summed E-state index contributed by atoms with van der Waals surface area (Å²) in [6, 6.07) is 0.430. The maximum Gasteiger partial charge on any atom is 0.248 e. The van der Waals surface area contributed by atoms with Gasteiger partial charge in [0.2, 0.25) is 5.91 Å². The van der Waals surface area contributed by atoms with Crippen LogP contribution in [0.4, 0.5) is 0 Å². The minimum atomic E-state index is 0.0823.